The summed E-state index contributed by atoms with van der Waals surface area (Å²) in [6, 6.07) is 6.54. The van der Waals surface area contributed by atoms with E-state index >= 15 is 0 Å². The fraction of sp³-hybridized carbons (Fsp3) is 0.118. The van der Waals surface area contributed by atoms with Gasteiger partial charge in [-0.2, -0.15) is 0 Å². The average molecular weight is 364 g/mol. The third-order valence-corrected chi connectivity index (χ3v) is 5.63. The lowest BCUT2D eigenvalue weighted by Gasteiger charge is -2.08. The maximum absolute atomic E-state index is 14.3. The van der Waals surface area contributed by atoms with Crippen LogP contribution < -0.4 is 5.73 Å². The van der Waals surface area contributed by atoms with Gasteiger partial charge in [-0.3, -0.25) is 4.79 Å². The van der Waals surface area contributed by atoms with Gasteiger partial charge in [-0.15, -0.1) is 0 Å². The first-order chi connectivity index (χ1) is 11.6. The second-order valence-corrected chi connectivity index (χ2v) is 7.69. The summed E-state index contributed by atoms with van der Waals surface area (Å²) in [5, 5.41) is -0.520. The molecule has 1 aromatic heterocycles. The first-order valence-electron chi connectivity index (χ1n) is 7.26. The monoisotopic (exact) mass is 364 g/mol. The highest BCUT2D eigenvalue weighted by Gasteiger charge is 2.31. The normalized spacial score (nSPS) is 11.8. The van der Waals surface area contributed by atoms with E-state index < -0.39 is 43.4 Å². The molecule has 0 atom stereocenters. The van der Waals surface area contributed by atoms with Gasteiger partial charge in [0.2, 0.25) is 9.84 Å². The SMILES string of the molecule is Cc1cc(C)cc(S(=O)(=O)c2c(C(N)=O)[nH]c3ccc(F)c(F)c23)c1. The Morgan fingerprint density at radius 3 is 2.24 bits per heavy atom. The maximum atomic E-state index is 14.3. The summed E-state index contributed by atoms with van der Waals surface area (Å²) in [5.41, 5.74) is 6.08. The molecule has 130 valence electrons. The number of H-pyrrole nitrogens is 1. The molecule has 0 aliphatic rings. The number of primary amides is 1. The third kappa shape index (κ3) is 2.68. The molecule has 0 bridgehead atoms. The lowest BCUT2D eigenvalue weighted by molar-refractivity contribution is 0.0993. The Hall–Kier alpha value is -2.74. The van der Waals surface area contributed by atoms with Crippen molar-refractivity contribution in [3.63, 3.8) is 0 Å². The highest BCUT2D eigenvalue weighted by molar-refractivity contribution is 7.91. The number of halogens is 2. The van der Waals surface area contributed by atoms with Crippen LogP contribution in [-0.2, 0) is 9.84 Å². The van der Waals surface area contributed by atoms with Gasteiger partial charge < -0.3 is 10.7 Å². The highest BCUT2D eigenvalue weighted by Crippen LogP contribution is 2.34. The molecule has 0 aliphatic carbocycles. The van der Waals surface area contributed by atoms with Crippen molar-refractivity contribution in [3.8, 4) is 0 Å². The zero-order valence-corrected chi connectivity index (χ0v) is 14.2. The fourth-order valence-electron chi connectivity index (χ4n) is 2.84. The summed E-state index contributed by atoms with van der Waals surface area (Å²) >= 11 is 0. The molecule has 3 rings (SSSR count). The molecule has 3 N–H and O–H groups in total. The van der Waals surface area contributed by atoms with Crippen LogP contribution in [0.25, 0.3) is 10.9 Å². The topological polar surface area (TPSA) is 93.0 Å². The molecule has 5 nitrogen and oxygen atoms in total. The number of aromatic amines is 1. The fourth-order valence-corrected chi connectivity index (χ4v) is 4.65. The molecule has 0 saturated carbocycles. The number of sulfone groups is 1. The number of rotatable bonds is 3. The summed E-state index contributed by atoms with van der Waals surface area (Å²) in [6.45, 7) is 3.41. The van der Waals surface area contributed by atoms with Crippen LogP contribution in [0.4, 0.5) is 8.78 Å². The van der Waals surface area contributed by atoms with Crippen molar-refractivity contribution < 1.29 is 22.0 Å². The second kappa shape index (κ2) is 5.66. The standard InChI is InChI=1S/C17H14F2N2O3S/c1-8-5-9(2)7-10(6-8)25(23,24)16-13-12(21-15(16)17(20)22)4-3-11(18)14(13)19/h3-7,21H,1-2H3,(H2,20,22). The molecule has 3 aromatic rings. The number of carbonyl (C=O) groups excluding carboxylic acids is 1. The molecule has 0 unspecified atom stereocenters. The zero-order valence-electron chi connectivity index (χ0n) is 13.4. The molecule has 0 radical (unpaired) electrons. The van der Waals surface area contributed by atoms with Gasteiger partial charge in [0.25, 0.3) is 5.91 Å². The smallest absolute Gasteiger partial charge is 0.266 e. The van der Waals surface area contributed by atoms with Crippen LogP contribution >= 0.6 is 0 Å². The summed E-state index contributed by atoms with van der Waals surface area (Å²) in [4.78, 5) is 13.4. The molecule has 25 heavy (non-hydrogen) atoms. The molecular formula is C17H14F2N2O3S. The van der Waals surface area contributed by atoms with Gasteiger partial charge in [0.1, 0.15) is 10.6 Å². The van der Waals surface area contributed by atoms with E-state index in [1.165, 1.54) is 12.1 Å². The van der Waals surface area contributed by atoms with Crippen molar-refractivity contribution in [1.82, 2.24) is 4.98 Å². The molecule has 8 heteroatoms. The van der Waals surface area contributed by atoms with Crippen LogP contribution in [0.3, 0.4) is 0 Å². The summed E-state index contributed by atoms with van der Waals surface area (Å²) in [6.07, 6.45) is 0. The van der Waals surface area contributed by atoms with Gasteiger partial charge in [-0.1, -0.05) is 6.07 Å². The third-order valence-electron chi connectivity index (χ3n) is 3.83. The number of benzene rings is 2. The number of aromatic nitrogens is 1. The molecule has 2 aromatic carbocycles. The molecule has 0 saturated heterocycles. The Labute approximate surface area is 142 Å². The predicted molar refractivity (Wildman–Crippen MR) is 88.1 cm³/mol. The van der Waals surface area contributed by atoms with Crippen molar-refractivity contribution in [2.45, 2.75) is 23.6 Å². The number of carbonyl (C=O) groups is 1. The Morgan fingerprint density at radius 2 is 1.68 bits per heavy atom. The summed E-state index contributed by atoms with van der Waals surface area (Å²) < 4.78 is 54.2. The van der Waals surface area contributed by atoms with Gasteiger partial charge in [0, 0.05) is 0 Å². The molecule has 1 amide bonds. The van der Waals surface area contributed by atoms with Crippen LogP contribution in [-0.4, -0.2) is 19.3 Å². The van der Waals surface area contributed by atoms with Crippen molar-refractivity contribution in [1.29, 1.82) is 0 Å². The van der Waals surface area contributed by atoms with Gasteiger partial charge in [-0.05, 0) is 49.2 Å². The minimum atomic E-state index is -4.32. The first-order valence-corrected chi connectivity index (χ1v) is 8.74. The van der Waals surface area contributed by atoms with E-state index in [-0.39, 0.29) is 10.4 Å². The minimum absolute atomic E-state index is 0.0318. The average Bonchev–Trinajstić information content (AvgIpc) is 2.91. The minimum Gasteiger partial charge on any atom is -0.364 e. The molecule has 0 spiro atoms. The summed E-state index contributed by atoms with van der Waals surface area (Å²) in [5.74, 6) is -3.66. The second-order valence-electron chi connectivity index (χ2n) is 5.80. The summed E-state index contributed by atoms with van der Waals surface area (Å²) in [7, 11) is -4.32. The van der Waals surface area contributed by atoms with E-state index in [4.69, 9.17) is 5.73 Å². The quantitative estimate of drug-likeness (QED) is 0.748. The lowest BCUT2D eigenvalue weighted by Crippen LogP contribution is -2.16. The van der Waals surface area contributed by atoms with E-state index in [0.717, 1.165) is 12.1 Å². The van der Waals surface area contributed by atoms with Crippen LogP contribution in [0.1, 0.15) is 21.6 Å². The highest BCUT2D eigenvalue weighted by atomic mass is 32.2. The molecule has 0 aliphatic heterocycles. The number of amides is 1. The van der Waals surface area contributed by atoms with Crippen molar-refractivity contribution >= 4 is 26.6 Å². The van der Waals surface area contributed by atoms with Gasteiger partial charge in [0.05, 0.1) is 15.8 Å². The number of hydrogen-bond donors (Lipinski definition) is 2. The molecule has 1 heterocycles. The van der Waals surface area contributed by atoms with Crippen molar-refractivity contribution in [2.24, 2.45) is 5.73 Å². The Balaban J connectivity index is 2.46. The lowest BCUT2D eigenvalue weighted by atomic mass is 10.2. The van der Waals surface area contributed by atoms with Crippen LogP contribution in [0.5, 0.6) is 0 Å². The zero-order chi connectivity index (χ0) is 18.5. The Morgan fingerprint density at radius 1 is 1.08 bits per heavy atom. The van der Waals surface area contributed by atoms with Crippen LogP contribution in [0.2, 0.25) is 0 Å². The largest absolute Gasteiger partial charge is 0.364 e. The molecule has 0 fully saturated rings. The van der Waals surface area contributed by atoms with E-state index in [0.29, 0.717) is 11.1 Å². The van der Waals surface area contributed by atoms with Gasteiger partial charge in [0.15, 0.2) is 11.6 Å². The molecular weight excluding hydrogens is 350 g/mol. The number of nitrogens with one attached hydrogen (secondary N) is 1. The van der Waals surface area contributed by atoms with Gasteiger partial charge >= 0.3 is 0 Å². The van der Waals surface area contributed by atoms with Crippen LogP contribution in [0, 0.1) is 25.5 Å². The maximum Gasteiger partial charge on any atom is 0.266 e. The number of nitrogens with two attached hydrogens (primary N) is 1. The van der Waals surface area contributed by atoms with Crippen LogP contribution in [0.15, 0.2) is 40.1 Å². The van der Waals surface area contributed by atoms with E-state index in [1.54, 1.807) is 19.9 Å². The van der Waals surface area contributed by atoms with E-state index in [1.807, 2.05) is 0 Å². The van der Waals surface area contributed by atoms with Gasteiger partial charge in [-0.25, -0.2) is 17.2 Å². The van der Waals surface area contributed by atoms with Crippen molar-refractivity contribution in [2.75, 3.05) is 0 Å². The van der Waals surface area contributed by atoms with E-state index in [2.05, 4.69) is 4.98 Å². The number of aryl methyl sites for hydroxylation is 2. The van der Waals surface area contributed by atoms with E-state index in [9.17, 15) is 22.0 Å². The number of fused-ring (bicyclic) bond motifs is 1. The first kappa shape index (κ1) is 17.1. The Bertz CT molecular complexity index is 1110. The van der Waals surface area contributed by atoms with Crippen molar-refractivity contribution in [3.05, 3.63) is 58.8 Å². The Kier molecular flexibility index (Phi) is 3.87. The predicted octanol–water partition coefficient (Wildman–Crippen LogP) is 2.99. The number of hydrogen-bond acceptors (Lipinski definition) is 3.